The number of hydrogen-bond acceptors (Lipinski definition) is 6. The molecule has 3 aromatic rings. The first-order valence-corrected chi connectivity index (χ1v) is 10.4. The summed E-state index contributed by atoms with van der Waals surface area (Å²) in [7, 11) is 3.07. The Morgan fingerprint density at radius 2 is 1.97 bits per heavy atom. The van der Waals surface area contributed by atoms with Gasteiger partial charge in [-0.2, -0.15) is 18.2 Å². The molecule has 0 saturated carbocycles. The van der Waals surface area contributed by atoms with Crippen LogP contribution in [0.5, 0.6) is 5.75 Å². The summed E-state index contributed by atoms with van der Waals surface area (Å²) in [5, 5.41) is 4.03. The summed E-state index contributed by atoms with van der Waals surface area (Å²) in [4.78, 5) is 20.6. The Morgan fingerprint density at radius 3 is 2.67 bits per heavy atom. The third kappa shape index (κ3) is 4.94. The molecular formula is C23H23F3N4O3. The Morgan fingerprint density at radius 1 is 1.21 bits per heavy atom. The summed E-state index contributed by atoms with van der Waals surface area (Å²) in [5.74, 6) is 0.468. The number of carbonyl (C=O) groups excluding carboxylic acids is 1. The van der Waals surface area contributed by atoms with Crippen molar-refractivity contribution in [1.29, 1.82) is 0 Å². The Bertz CT molecular complexity index is 1110. The average Bonchev–Trinajstić information content (AvgIpc) is 3.33. The van der Waals surface area contributed by atoms with Gasteiger partial charge in [0.25, 0.3) is 0 Å². The van der Waals surface area contributed by atoms with Gasteiger partial charge in [-0.05, 0) is 55.3 Å². The minimum Gasteiger partial charge on any atom is -0.497 e. The number of ether oxygens (including phenoxy) is 1. The summed E-state index contributed by atoms with van der Waals surface area (Å²) in [5.41, 5.74) is 0.174. The second-order valence-electron chi connectivity index (χ2n) is 7.86. The zero-order chi connectivity index (χ0) is 23.6. The third-order valence-corrected chi connectivity index (χ3v) is 5.70. The lowest BCUT2D eigenvalue weighted by Crippen LogP contribution is -2.44. The van der Waals surface area contributed by atoms with Gasteiger partial charge in [0.2, 0.25) is 11.7 Å². The lowest BCUT2D eigenvalue weighted by molar-refractivity contribution is -0.137. The standard InChI is InChI=1S/C23H23F3N4O3/c1-29(18-7-3-6-17(13-18)23(24,25)26)21(31)16-5-4-12-30(14-16)22-27-20(28-33-22)15-8-10-19(32-2)11-9-15/h3,6-11,13,16H,4-5,12,14H2,1-2H3/t16-/m0/s1. The number of methoxy groups -OCH3 is 1. The van der Waals surface area contributed by atoms with Crippen LogP contribution in [0.4, 0.5) is 24.9 Å². The molecular weight excluding hydrogens is 437 g/mol. The molecule has 1 amide bonds. The molecule has 2 aromatic carbocycles. The fourth-order valence-electron chi connectivity index (χ4n) is 3.85. The number of halogens is 3. The van der Waals surface area contributed by atoms with Crippen LogP contribution in [0.2, 0.25) is 0 Å². The van der Waals surface area contributed by atoms with Crippen LogP contribution < -0.4 is 14.5 Å². The van der Waals surface area contributed by atoms with Crippen molar-refractivity contribution in [3.63, 3.8) is 0 Å². The maximum absolute atomic E-state index is 13.1. The minimum atomic E-state index is -4.47. The van der Waals surface area contributed by atoms with Gasteiger partial charge in [0.15, 0.2) is 0 Å². The highest BCUT2D eigenvalue weighted by Crippen LogP contribution is 2.32. The van der Waals surface area contributed by atoms with Gasteiger partial charge in [-0.1, -0.05) is 11.2 Å². The Hall–Kier alpha value is -3.56. The quantitative estimate of drug-likeness (QED) is 0.552. The fourth-order valence-corrected chi connectivity index (χ4v) is 3.85. The van der Waals surface area contributed by atoms with Crippen molar-refractivity contribution in [1.82, 2.24) is 10.1 Å². The van der Waals surface area contributed by atoms with Crippen molar-refractivity contribution in [2.75, 3.05) is 37.0 Å². The number of alkyl halides is 3. The Balaban J connectivity index is 1.46. The van der Waals surface area contributed by atoms with Crippen molar-refractivity contribution in [2.45, 2.75) is 19.0 Å². The average molecular weight is 460 g/mol. The van der Waals surface area contributed by atoms with Gasteiger partial charge in [-0.3, -0.25) is 4.79 Å². The second-order valence-corrected chi connectivity index (χ2v) is 7.86. The molecule has 1 atom stereocenters. The summed E-state index contributed by atoms with van der Waals surface area (Å²) in [6.07, 6.45) is -3.13. The monoisotopic (exact) mass is 460 g/mol. The highest BCUT2D eigenvalue weighted by atomic mass is 19.4. The molecule has 0 unspecified atom stereocenters. The van der Waals surface area contributed by atoms with Gasteiger partial charge in [0.05, 0.1) is 18.6 Å². The minimum absolute atomic E-state index is 0.200. The molecule has 0 N–H and O–H groups in total. The van der Waals surface area contributed by atoms with Gasteiger partial charge < -0.3 is 19.1 Å². The third-order valence-electron chi connectivity index (χ3n) is 5.70. The van der Waals surface area contributed by atoms with Gasteiger partial charge in [0, 0.05) is 31.4 Å². The number of nitrogens with zero attached hydrogens (tertiary/aromatic N) is 4. The zero-order valence-corrected chi connectivity index (χ0v) is 18.2. The number of aromatic nitrogens is 2. The molecule has 33 heavy (non-hydrogen) atoms. The van der Waals surface area contributed by atoms with Gasteiger partial charge >= 0.3 is 12.2 Å². The number of rotatable bonds is 5. The van der Waals surface area contributed by atoms with Crippen LogP contribution >= 0.6 is 0 Å². The van der Waals surface area contributed by atoms with Crippen molar-refractivity contribution < 1.29 is 27.2 Å². The first-order valence-electron chi connectivity index (χ1n) is 10.4. The Kier molecular flexibility index (Phi) is 6.26. The van der Waals surface area contributed by atoms with Crippen molar-refractivity contribution in [2.24, 2.45) is 5.92 Å². The van der Waals surface area contributed by atoms with E-state index < -0.39 is 17.7 Å². The first-order chi connectivity index (χ1) is 15.8. The van der Waals surface area contributed by atoms with E-state index in [1.165, 1.54) is 24.1 Å². The first kappa shape index (κ1) is 22.6. The van der Waals surface area contributed by atoms with E-state index in [4.69, 9.17) is 9.26 Å². The molecule has 0 radical (unpaired) electrons. The number of hydrogen-bond donors (Lipinski definition) is 0. The highest BCUT2D eigenvalue weighted by Gasteiger charge is 2.33. The molecule has 0 bridgehead atoms. The van der Waals surface area contributed by atoms with Crippen LogP contribution in [-0.4, -0.2) is 43.3 Å². The van der Waals surface area contributed by atoms with E-state index in [1.54, 1.807) is 19.2 Å². The zero-order valence-electron chi connectivity index (χ0n) is 18.2. The summed E-state index contributed by atoms with van der Waals surface area (Å²) in [6.45, 7) is 0.980. The van der Waals surface area contributed by atoms with E-state index in [0.29, 0.717) is 43.5 Å². The molecule has 1 fully saturated rings. The van der Waals surface area contributed by atoms with Gasteiger partial charge in [0.1, 0.15) is 5.75 Å². The van der Waals surface area contributed by atoms with E-state index in [2.05, 4.69) is 10.1 Å². The molecule has 1 aliphatic heterocycles. The molecule has 7 nitrogen and oxygen atoms in total. The van der Waals surface area contributed by atoms with Crippen LogP contribution in [0.15, 0.2) is 53.1 Å². The van der Waals surface area contributed by atoms with Crippen LogP contribution in [0, 0.1) is 5.92 Å². The topological polar surface area (TPSA) is 71.7 Å². The molecule has 4 rings (SSSR count). The van der Waals surface area contributed by atoms with Crippen LogP contribution in [-0.2, 0) is 11.0 Å². The smallest absolute Gasteiger partial charge is 0.416 e. The number of amides is 1. The van der Waals surface area contributed by atoms with Crippen LogP contribution in [0.3, 0.4) is 0 Å². The lowest BCUT2D eigenvalue weighted by Gasteiger charge is -2.32. The van der Waals surface area contributed by atoms with E-state index in [1.807, 2.05) is 17.0 Å². The van der Waals surface area contributed by atoms with Crippen LogP contribution in [0.1, 0.15) is 18.4 Å². The molecule has 174 valence electrons. The van der Waals surface area contributed by atoms with E-state index in [0.717, 1.165) is 17.7 Å². The normalized spacial score (nSPS) is 16.5. The van der Waals surface area contributed by atoms with E-state index in [9.17, 15) is 18.0 Å². The Labute approximate surface area is 188 Å². The number of piperidine rings is 1. The highest BCUT2D eigenvalue weighted by molar-refractivity contribution is 5.95. The molecule has 1 aliphatic rings. The summed E-state index contributed by atoms with van der Waals surface area (Å²) in [6, 6.07) is 12.3. The second kappa shape index (κ2) is 9.13. The molecule has 1 aromatic heterocycles. The maximum Gasteiger partial charge on any atom is 0.416 e. The fraction of sp³-hybridized carbons (Fsp3) is 0.348. The largest absolute Gasteiger partial charge is 0.497 e. The summed E-state index contributed by atoms with van der Waals surface area (Å²) < 4.78 is 49.7. The number of anilines is 2. The predicted octanol–water partition coefficient (Wildman–Crippen LogP) is 4.64. The predicted molar refractivity (Wildman–Crippen MR) is 116 cm³/mol. The molecule has 2 heterocycles. The van der Waals surface area contributed by atoms with Crippen molar-refractivity contribution >= 4 is 17.6 Å². The molecule has 10 heteroatoms. The molecule has 1 saturated heterocycles. The maximum atomic E-state index is 13.1. The van der Waals surface area contributed by atoms with E-state index in [-0.39, 0.29) is 11.6 Å². The van der Waals surface area contributed by atoms with Crippen molar-refractivity contribution in [3.8, 4) is 17.1 Å². The SMILES string of the molecule is COc1ccc(-c2noc(N3CCC[C@H](C(=O)N(C)c4cccc(C(F)(F)F)c4)C3)n2)cc1. The van der Waals surface area contributed by atoms with E-state index >= 15 is 0 Å². The van der Waals surface area contributed by atoms with Crippen LogP contribution in [0.25, 0.3) is 11.4 Å². The van der Waals surface area contributed by atoms with Gasteiger partial charge in [-0.25, -0.2) is 0 Å². The number of carbonyl (C=O) groups is 1. The molecule has 0 aliphatic carbocycles. The molecule has 0 spiro atoms. The summed E-state index contributed by atoms with van der Waals surface area (Å²) >= 11 is 0. The van der Waals surface area contributed by atoms with Gasteiger partial charge in [-0.15, -0.1) is 0 Å². The lowest BCUT2D eigenvalue weighted by atomic mass is 9.96. The van der Waals surface area contributed by atoms with Crippen molar-refractivity contribution in [3.05, 3.63) is 54.1 Å². The number of benzene rings is 2.